The second kappa shape index (κ2) is 26.2. The van der Waals surface area contributed by atoms with Gasteiger partial charge in [-0.25, -0.2) is 0 Å². The van der Waals surface area contributed by atoms with Crippen molar-refractivity contribution < 1.29 is 8.83 Å². The van der Waals surface area contributed by atoms with Crippen molar-refractivity contribution >= 4 is 131 Å². The van der Waals surface area contributed by atoms with E-state index in [0.29, 0.717) is 0 Å². The Morgan fingerprint density at radius 2 is 0.421 bits per heavy atom. The fourth-order valence-corrected chi connectivity index (χ4v) is 18.1. The fourth-order valence-electron chi connectivity index (χ4n) is 18.1. The number of hydrogen-bond donors (Lipinski definition) is 0. The lowest BCUT2D eigenvalue weighted by Crippen LogP contribution is -1.94. The molecule has 0 atom stereocenters. The molecule has 6 heteroatoms. The Kier molecular flexibility index (Phi) is 14.9. The normalized spacial score (nSPS) is 11.9. The summed E-state index contributed by atoms with van der Waals surface area (Å²) in [5, 5.41) is 14.5. The maximum Gasteiger partial charge on any atom is 0.143 e. The zero-order valence-corrected chi connectivity index (χ0v) is 61.9. The molecule has 6 heterocycles. The van der Waals surface area contributed by atoms with Crippen LogP contribution in [0.2, 0.25) is 0 Å². The van der Waals surface area contributed by atoms with Crippen molar-refractivity contribution in [3.8, 4) is 89.5 Å². The van der Waals surface area contributed by atoms with E-state index in [2.05, 4.69) is 407 Å². The van der Waals surface area contributed by atoms with Crippen molar-refractivity contribution in [2.24, 2.45) is 0 Å². The molecule has 0 saturated carbocycles. The Morgan fingerprint density at radius 1 is 0.140 bits per heavy atom. The number of furan rings is 2. The van der Waals surface area contributed by atoms with Crippen molar-refractivity contribution in [3.05, 3.63) is 413 Å². The molecule has 0 saturated heterocycles. The van der Waals surface area contributed by atoms with E-state index < -0.39 is 0 Å². The first-order chi connectivity index (χ1) is 56.5. The minimum atomic E-state index is 0.915. The summed E-state index contributed by atoms with van der Waals surface area (Å²) in [6.07, 6.45) is 0. The van der Waals surface area contributed by atoms with Gasteiger partial charge in [0.1, 0.15) is 22.3 Å². The smallest absolute Gasteiger partial charge is 0.143 e. The van der Waals surface area contributed by atoms with Gasteiger partial charge in [-0.05, 0) is 207 Å². The lowest BCUT2D eigenvalue weighted by molar-refractivity contribution is 0.669. The Balaban J connectivity index is 0.000000135. The maximum atomic E-state index is 6.38. The Labute approximate surface area is 656 Å². The first-order valence-corrected chi connectivity index (χ1v) is 39.0. The molecular weight excluding hydrogens is 1390 g/mol. The Morgan fingerprint density at radius 3 is 0.868 bits per heavy atom. The fraction of sp³-hybridized carbons (Fsp3) is 0. The monoisotopic (exact) mass is 1450 g/mol. The van der Waals surface area contributed by atoms with Crippen LogP contribution in [0.1, 0.15) is 0 Å². The minimum Gasteiger partial charge on any atom is -0.456 e. The molecule has 18 aromatic carbocycles. The van der Waals surface area contributed by atoms with Gasteiger partial charge in [-0.1, -0.05) is 267 Å². The molecule has 0 aliphatic rings. The highest BCUT2D eigenvalue weighted by Crippen LogP contribution is 2.44. The summed E-state index contributed by atoms with van der Waals surface area (Å²) in [5.74, 6) is 0. The molecule has 0 N–H and O–H groups in total. The molecule has 114 heavy (non-hydrogen) atoms. The average molecular weight is 1450 g/mol. The number of nitrogens with zero attached hydrogens (tertiary/aromatic N) is 4. The lowest BCUT2D eigenvalue weighted by Gasteiger charge is -2.11. The van der Waals surface area contributed by atoms with Crippen molar-refractivity contribution in [1.82, 2.24) is 18.3 Å². The molecule has 0 bridgehead atoms. The molecule has 0 spiro atoms. The summed E-state index contributed by atoms with van der Waals surface area (Å²) in [6.45, 7) is 0. The standard InChI is InChI=1S/2C54H34N2O/c1-2-12-35(13-3-1)37-14-10-15-41(32-37)56-50-22-8-5-17-44(50)48-34-39(27-31-52(48)56)38-26-30-51-47(33-38)43-16-4-7-21-49(43)55(51)40-28-24-36(25-29-40)42-19-11-20-46-45-18-6-9-23-53(45)57-54(42)46;1-2-11-35(12-3-1)37-13-10-14-42(31-37)56-50-19-8-5-16-44(50)47-33-40(24-29-52(47)56)39-23-28-51-46(32-39)43-15-4-7-18-49(43)55(51)41-26-21-36(22-27-41)38-25-30-54-48(34-38)45-17-6-9-20-53(45)57-54/h2*1-34H. The SMILES string of the molecule is c1ccc(-c2cccc(-n3c4ccccc4c4cc(-c5ccc6c(c5)c5ccccc5n6-c5ccc(-c6ccc7oc8ccccc8c7c6)cc5)ccc43)c2)cc1.c1ccc(-c2cccc(-n3c4ccccc4c4cc(-c5ccc6c(c5)c5ccccc5n6-c5ccc(-c6cccc7c6oc6ccccc67)cc5)ccc43)c2)cc1. The van der Waals surface area contributed by atoms with Crippen LogP contribution in [0, 0.1) is 0 Å². The van der Waals surface area contributed by atoms with E-state index in [4.69, 9.17) is 8.83 Å². The van der Waals surface area contributed by atoms with Gasteiger partial charge in [0.05, 0.1) is 44.1 Å². The van der Waals surface area contributed by atoms with Crippen molar-refractivity contribution in [3.63, 3.8) is 0 Å². The summed E-state index contributed by atoms with van der Waals surface area (Å²) in [6, 6.07) is 149. The van der Waals surface area contributed by atoms with E-state index >= 15 is 0 Å². The molecule has 0 amide bonds. The van der Waals surface area contributed by atoms with Gasteiger partial charge in [0.15, 0.2) is 0 Å². The van der Waals surface area contributed by atoms with Crippen LogP contribution in [0.15, 0.2) is 421 Å². The molecule has 0 fully saturated rings. The third-order valence-corrected chi connectivity index (χ3v) is 23.5. The van der Waals surface area contributed by atoms with Crippen molar-refractivity contribution in [1.29, 1.82) is 0 Å². The average Bonchev–Trinajstić information content (AvgIpc) is 1.59. The van der Waals surface area contributed by atoms with Crippen LogP contribution in [0.25, 0.3) is 221 Å². The topological polar surface area (TPSA) is 46.0 Å². The van der Waals surface area contributed by atoms with E-state index in [-0.39, 0.29) is 0 Å². The van der Waals surface area contributed by atoms with E-state index in [9.17, 15) is 0 Å². The first-order valence-electron chi connectivity index (χ1n) is 39.0. The molecule has 6 aromatic heterocycles. The van der Waals surface area contributed by atoms with E-state index in [1.54, 1.807) is 0 Å². The number of benzene rings is 18. The zero-order chi connectivity index (χ0) is 74.9. The number of aromatic nitrogens is 4. The first kappa shape index (κ1) is 64.7. The molecule has 0 unspecified atom stereocenters. The summed E-state index contributed by atoms with van der Waals surface area (Å²) < 4.78 is 22.1. The van der Waals surface area contributed by atoms with Crippen molar-refractivity contribution in [2.75, 3.05) is 0 Å². The molecule has 24 aromatic rings. The summed E-state index contributed by atoms with van der Waals surface area (Å²) in [5.41, 5.74) is 32.0. The second-order valence-corrected chi connectivity index (χ2v) is 29.9. The van der Waals surface area contributed by atoms with Gasteiger partial charge in [-0.2, -0.15) is 0 Å². The highest BCUT2D eigenvalue weighted by atomic mass is 16.3. The predicted octanol–water partition coefficient (Wildman–Crippen LogP) is 29.6. The van der Waals surface area contributed by atoms with Gasteiger partial charge < -0.3 is 27.1 Å². The van der Waals surface area contributed by atoms with Crippen molar-refractivity contribution in [2.45, 2.75) is 0 Å². The Bertz CT molecular complexity index is 7950. The third kappa shape index (κ3) is 10.6. The number of para-hydroxylation sites is 7. The number of hydrogen-bond acceptors (Lipinski definition) is 2. The highest BCUT2D eigenvalue weighted by molar-refractivity contribution is 6.16. The lowest BCUT2D eigenvalue weighted by atomic mass is 10.0. The second-order valence-electron chi connectivity index (χ2n) is 29.9. The molecule has 6 nitrogen and oxygen atoms in total. The molecule has 0 radical (unpaired) electrons. The van der Waals surface area contributed by atoms with Crippen LogP contribution in [0.3, 0.4) is 0 Å². The molecule has 532 valence electrons. The quantitative estimate of drug-likeness (QED) is 0.137. The summed E-state index contributed by atoms with van der Waals surface area (Å²) >= 11 is 0. The number of fused-ring (bicyclic) bond motifs is 18. The van der Waals surface area contributed by atoms with Gasteiger partial charge in [0.25, 0.3) is 0 Å². The van der Waals surface area contributed by atoms with Crippen LogP contribution in [-0.4, -0.2) is 18.3 Å². The van der Waals surface area contributed by atoms with Crippen LogP contribution < -0.4 is 0 Å². The van der Waals surface area contributed by atoms with Gasteiger partial charge in [0, 0.05) is 92.9 Å². The van der Waals surface area contributed by atoms with E-state index in [0.717, 1.165) is 77.8 Å². The molecule has 24 rings (SSSR count). The van der Waals surface area contributed by atoms with Gasteiger partial charge in [-0.3, -0.25) is 0 Å². The molecule has 0 aliphatic carbocycles. The summed E-state index contributed by atoms with van der Waals surface area (Å²) in [4.78, 5) is 0. The Hall–Kier alpha value is -15.2. The minimum absolute atomic E-state index is 0.915. The van der Waals surface area contributed by atoms with E-state index in [1.807, 2.05) is 24.3 Å². The zero-order valence-electron chi connectivity index (χ0n) is 61.9. The highest BCUT2D eigenvalue weighted by Gasteiger charge is 2.22. The van der Waals surface area contributed by atoms with Crippen LogP contribution in [0.5, 0.6) is 0 Å². The van der Waals surface area contributed by atoms with Gasteiger partial charge >= 0.3 is 0 Å². The maximum absolute atomic E-state index is 6.38. The predicted molar refractivity (Wildman–Crippen MR) is 477 cm³/mol. The largest absolute Gasteiger partial charge is 0.456 e. The van der Waals surface area contributed by atoms with Crippen LogP contribution in [-0.2, 0) is 0 Å². The van der Waals surface area contributed by atoms with E-state index in [1.165, 1.54) is 143 Å². The van der Waals surface area contributed by atoms with Crippen LogP contribution >= 0.6 is 0 Å². The van der Waals surface area contributed by atoms with Crippen LogP contribution in [0.4, 0.5) is 0 Å². The number of rotatable bonds is 10. The van der Waals surface area contributed by atoms with Gasteiger partial charge in [-0.15, -0.1) is 0 Å². The third-order valence-electron chi connectivity index (χ3n) is 23.5. The molecule has 0 aliphatic heterocycles. The molecular formula is C108H68N4O2. The van der Waals surface area contributed by atoms with Gasteiger partial charge in [0.2, 0.25) is 0 Å². The summed E-state index contributed by atoms with van der Waals surface area (Å²) in [7, 11) is 0.